The fourth-order valence-corrected chi connectivity index (χ4v) is 2.69. The van der Waals surface area contributed by atoms with Crippen LogP contribution in [-0.2, 0) is 4.79 Å². The average molecular weight is 334 g/mol. The highest BCUT2D eigenvalue weighted by molar-refractivity contribution is 5.92. The summed E-state index contributed by atoms with van der Waals surface area (Å²) in [4.78, 5) is 16.9. The van der Waals surface area contributed by atoms with E-state index < -0.39 is 0 Å². The zero-order chi connectivity index (χ0) is 17.6. The van der Waals surface area contributed by atoms with Gasteiger partial charge < -0.3 is 9.73 Å². The van der Waals surface area contributed by atoms with Crippen molar-refractivity contribution in [1.82, 2.24) is 10.3 Å². The lowest BCUT2D eigenvalue weighted by molar-refractivity contribution is -0.117. The van der Waals surface area contributed by atoms with Crippen LogP contribution < -0.4 is 5.32 Å². The Bertz CT molecular complexity index is 833. The van der Waals surface area contributed by atoms with Crippen LogP contribution in [0.2, 0.25) is 0 Å². The molecule has 0 saturated carbocycles. The molecule has 0 fully saturated rings. The lowest BCUT2D eigenvalue weighted by atomic mass is 10.0. The molecule has 1 heterocycles. The monoisotopic (exact) mass is 334 g/mol. The Balaban J connectivity index is 1.76. The minimum absolute atomic E-state index is 0.156. The first-order valence-electron chi connectivity index (χ1n) is 8.51. The molecular weight excluding hydrogens is 312 g/mol. The van der Waals surface area contributed by atoms with E-state index in [4.69, 9.17) is 4.42 Å². The van der Waals surface area contributed by atoms with Crippen LogP contribution in [0.5, 0.6) is 0 Å². The van der Waals surface area contributed by atoms with E-state index in [9.17, 15) is 4.79 Å². The van der Waals surface area contributed by atoms with Gasteiger partial charge in [-0.2, -0.15) is 0 Å². The van der Waals surface area contributed by atoms with E-state index in [1.165, 1.54) is 0 Å². The molecule has 4 heteroatoms. The van der Waals surface area contributed by atoms with Crippen LogP contribution >= 0.6 is 0 Å². The highest BCUT2D eigenvalue weighted by Gasteiger charge is 2.20. The van der Waals surface area contributed by atoms with Crippen molar-refractivity contribution in [3.8, 4) is 0 Å². The molecular formula is C21H22N2O2. The van der Waals surface area contributed by atoms with Crippen molar-refractivity contribution in [3.63, 3.8) is 0 Å². The first-order valence-corrected chi connectivity index (χ1v) is 8.51. The van der Waals surface area contributed by atoms with Gasteiger partial charge in [0.15, 0.2) is 5.58 Å². The molecule has 3 rings (SSSR count). The first kappa shape index (κ1) is 17.0. The maximum absolute atomic E-state index is 12.3. The fraction of sp³-hybridized carbons (Fsp3) is 0.238. The van der Waals surface area contributed by atoms with Gasteiger partial charge in [0.2, 0.25) is 11.8 Å². The summed E-state index contributed by atoms with van der Waals surface area (Å²) in [5, 5.41) is 3.01. The highest BCUT2D eigenvalue weighted by atomic mass is 16.3. The van der Waals surface area contributed by atoms with Crippen molar-refractivity contribution in [1.29, 1.82) is 0 Å². The molecule has 0 spiro atoms. The van der Waals surface area contributed by atoms with E-state index in [1.54, 1.807) is 12.2 Å². The molecule has 0 aliphatic carbocycles. The Morgan fingerprint density at radius 2 is 1.84 bits per heavy atom. The second-order valence-corrected chi connectivity index (χ2v) is 6.45. The van der Waals surface area contributed by atoms with E-state index >= 15 is 0 Å². The SMILES string of the molecule is CC(C)C[C@@H](NC(=O)/C=C/c1ccccc1)c1nc2ccccc2o1. The minimum atomic E-state index is -0.250. The van der Waals surface area contributed by atoms with Crippen LogP contribution in [0.25, 0.3) is 17.2 Å². The van der Waals surface area contributed by atoms with Crippen LogP contribution in [0.3, 0.4) is 0 Å². The topological polar surface area (TPSA) is 55.1 Å². The number of hydrogen-bond donors (Lipinski definition) is 1. The number of carbonyl (C=O) groups is 1. The number of rotatable bonds is 6. The number of hydrogen-bond acceptors (Lipinski definition) is 3. The second-order valence-electron chi connectivity index (χ2n) is 6.45. The van der Waals surface area contributed by atoms with Crippen LogP contribution in [-0.4, -0.2) is 10.9 Å². The Morgan fingerprint density at radius 3 is 2.56 bits per heavy atom. The Labute approximate surface area is 147 Å². The summed E-state index contributed by atoms with van der Waals surface area (Å²) < 4.78 is 5.84. The van der Waals surface area contributed by atoms with E-state index in [1.807, 2.05) is 54.6 Å². The van der Waals surface area contributed by atoms with Crippen molar-refractivity contribution in [2.24, 2.45) is 5.92 Å². The van der Waals surface area contributed by atoms with Gasteiger partial charge in [0, 0.05) is 6.08 Å². The predicted octanol–water partition coefficient (Wildman–Crippen LogP) is 4.74. The molecule has 0 aliphatic heterocycles. The maximum Gasteiger partial charge on any atom is 0.244 e. The second kappa shape index (κ2) is 7.79. The summed E-state index contributed by atoms with van der Waals surface area (Å²) in [5.74, 6) is 0.798. The molecule has 3 aromatic rings. The number of oxazole rings is 1. The van der Waals surface area contributed by atoms with Crippen molar-refractivity contribution >= 4 is 23.1 Å². The van der Waals surface area contributed by atoms with E-state index in [-0.39, 0.29) is 11.9 Å². The Hall–Kier alpha value is -2.88. The first-order chi connectivity index (χ1) is 12.1. The van der Waals surface area contributed by atoms with Crippen molar-refractivity contribution in [2.75, 3.05) is 0 Å². The molecule has 0 aliphatic rings. The van der Waals surface area contributed by atoms with E-state index in [0.717, 1.165) is 23.1 Å². The lowest BCUT2D eigenvalue weighted by Gasteiger charge is -2.16. The van der Waals surface area contributed by atoms with Gasteiger partial charge in [-0.25, -0.2) is 4.98 Å². The van der Waals surface area contributed by atoms with Gasteiger partial charge in [0.05, 0.1) is 0 Å². The average Bonchev–Trinajstić information content (AvgIpc) is 3.04. The number of fused-ring (bicyclic) bond motifs is 1. The molecule has 1 amide bonds. The molecule has 0 unspecified atom stereocenters. The number of carbonyl (C=O) groups excluding carboxylic acids is 1. The quantitative estimate of drug-likeness (QED) is 0.662. The smallest absolute Gasteiger partial charge is 0.244 e. The van der Waals surface area contributed by atoms with Gasteiger partial charge in [0.1, 0.15) is 11.6 Å². The van der Waals surface area contributed by atoms with E-state index in [0.29, 0.717) is 11.8 Å². The van der Waals surface area contributed by atoms with E-state index in [2.05, 4.69) is 24.1 Å². The van der Waals surface area contributed by atoms with Crippen LogP contribution in [0.1, 0.15) is 37.8 Å². The van der Waals surface area contributed by atoms with Crippen molar-refractivity contribution in [3.05, 3.63) is 72.1 Å². The summed E-state index contributed by atoms with van der Waals surface area (Å²) in [6.45, 7) is 4.23. The normalized spacial score (nSPS) is 12.8. The molecule has 1 N–H and O–H groups in total. The van der Waals surface area contributed by atoms with Gasteiger partial charge in [-0.15, -0.1) is 0 Å². The highest BCUT2D eigenvalue weighted by Crippen LogP contribution is 2.24. The number of amides is 1. The minimum Gasteiger partial charge on any atom is -0.438 e. The summed E-state index contributed by atoms with van der Waals surface area (Å²) in [6.07, 6.45) is 4.11. The molecule has 1 atom stereocenters. The molecule has 0 bridgehead atoms. The zero-order valence-corrected chi connectivity index (χ0v) is 14.5. The van der Waals surface area contributed by atoms with Crippen LogP contribution in [0.15, 0.2) is 65.1 Å². The van der Waals surface area contributed by atoms with Gasteiger partial charge in [-0.1, -0.05) is 56.3 Å². The molecule has 0 saturated heterocycles. The fourth-order valence-electron chi connectivity index (χ4n) is 2.69. The predicted molar refractivity (Wildman–Crippen MR) is 99.8 cm³/mol. The zero-order valence-electron chi connectivity index (χ0n) is 14.5. The molecule has 1 aromatic heterocycles. The van der Waals surface area contributed by atoms with Gasteiger partial charge in [-0.05, 0) is 36.1 Å². The van der Waals surface area contributed by atoms with Crippen LogP contribution in [0, 0.1) is 5.92 Å². The standard InChI is InChI=1S/C21H22N2O2/c1-15(2)14-18(21-23-17-10-6-7-11-19(17)25-21)22-20(24)13-12-16-8-4-3-5-9-16/h3-13,15,18H,14H2,1-2H3,(H,22,24)/b13-12+/t18-/m1/s1. The number of benzene rings is 2. The Morgan fingerprint density at radius 1 is 1.12 bits per heavy atom. The van der Waals surface area contributed by atoms with Gasteiger partial charge >= 0.3 is 0 Å². The third-order valence-corrected chi connectivity index (χ3v) is 3.86. The molecule has 0 radical (unpaired) electrons. The van der Waals surface area contributed by atoms with Gasteiger partial charge in [-0.3, -0.25) is 4.79 Å². The number of nitrogens with zero attached hydrogens (tertiary/aromatic N) is 1. The largest absolute Gasteiger partial charge is 0.438 e. The summed E-state index contributed by atoms with van der Waals surface area (Å²) in [5.41, 5.74) is 2.53. The summed E-state index contributed by atoms with van der Waals surface area (Å²) in [6, 6.07) is 17.1. The summed E-state index contributed by atoms with van der Waals surface area (Å²) in [7, 11) is 0. The molecule has 25 heavy (non-hydrogen) atoms. The van der Waals surface area contributed by atoms with Crippen molar-refractivity contribution < 1.29 is 9.21 Å². The van der Waals surface area contributed by atoms with Crippen LogP contribution in [0.4, 0.5) is 0 Å². The lowest BCUT2D eigenvalue weighted by Crippen LogP contribution is -2.28. The number of aromatic nitrogens is 1. The third-order valence-electron chi connectivity index (χ3n) is 3.86. The molecule has 128 valence electrons. The maximum atomic E-state index is 12.3. The molecule has 2 aromatic carbocycles. The third kappa shape index (κ3) is 4.57. The van der Waals surface area contributed by atoms with Crippen molar-refractivity contribution in [2.45, 2.75) is 26.3 Å². The number of nitrogens with one attached hydrogen (secondary N) is 1. The Kier molecular flexibility index (Phi) is 5.29. The van der Waals surface area contributed by atoms with Gasteiger partial charge in [0.25, 0.3) is 0 Å². The number of para-hydroxylation sites is 2. The molecule has 4 nitrogen and oxygen atoms in total. The summed E-state index contributed by atoms with van der Waals surface area (Å²) >= 11 is 0.